The lowest BCUT2D eigenvalue weighted by Crippen LogP contribution is -3.00. The number of hydrogen-bond acceptors (Lipinski definition) is 0. The summed E-state index contributed by atoms with van der Waals surface area (Å²) >= 11 is 0. The van der Waals surface area contributed by atoms with Gasteiger partial charge in [0.15, 0.2) is 0 Å². The van der Waals surface area contributed by atoms with Crippen LogP contribution in [-0.4, -0.2) is 31.7 Å². The highest BCUT2D eigenvalue weighted by Crippen LogP contribution is 2.14. The van der Waals surface area contributed by atoms with Crippen molar-refractivity contribution in [1.82, 2.24) is 0 Å². The van der Waals surface area contributed by atoms with Gasteiger partial charge in [0.25, 0.3) is 0 Å². The van der Waals surface area contributed by atoms with Crippen LogP contribution in [0.25, 0.3) is 0 Å². The topological polar surface area (TPSA) is 0 Å². The second kappa shape index (κ2) is 19.6. The first-order valence-corrected chi connectivity index (χ1v) is 10.9. The molecule has 0 N–H and O–H groups in total. The van der Waals surface area contributed by atoms with Crippen LogP contribution in [0.4, 0.5) is 0 Å². The average Bonchev–Trinajstić information content (AvgIpc) is 2.54. The van der Waals surface area contributed by atoms with Gasteiger partial charge in [-0.15, -0.1) is 0 Å². The van der Waals surface area contributed by atoms with Gasteiger partial charge in [-0.05, 0) is 19.8 Å². The Labute approximate surface area is 161 Å². The highest BCUT2D eigenvalue weighted by molar-refractivity contribution is 4.50. The van der Waals surface area contributed by atoms with Gasteiger partial charge < -0.3 is 16.9 Å². The van der Waals surface area contributed by atoms with Crippen LogP contribution in [0, 0.1) is 0 Å². The molecule has 0 aromatic rings. The van der Waals surface area contributed by atoms with Crippen molar-refractivity contribution in [3.05, 3.63) is 0 Å². The molecule has 0 rings (SSSR count). The second-order valence-electron chi connectivity index (χ2n) is 8.28. The second-order valence-corrected chi connectivity index (χ2v) is 8.28. The lowest BCUT2D eigenvalue weighted by Gasteiger charge is -2.28. The zero-order chi connectivity index (χ0) is 17.2. The Balaban J connectivity index is 0. The number of rotatable bonds is 18. The molecule has 0 aliphatic heterocycles. The summed E-state index contributed by atoms with van der Waals surface area (Å²) in [5.74, 6) is 0. The van der Waals surface area contributed by atoms with Crippen molar-refractivity contribution < 1.29 is 16.9 Å². The van der Waals surface area contributed by atoms with E-state index in [0.29, 0.717) is 0 Å². The summed E-state index contributed by atoms with van der Waals surface area (Å²) in [5.41, 5.74) is 0. The summed E-state index contributed by atoms with van der Waals surface area (Å²) in [6.45, 7) is 7.21. The van der Waals surface area contributed by atoms with Gasteiger partial charge >= 0.3 is 0 Å². The van der Waals surface area contributed by atoms with Crippen molar-refractivity contribution in [3.63, 3.8) is 0 Å². The quantitative estimate of drug-likeness (QED) is 0.251. The molecule has 0 unspecified atom stereocenters. The molecule has 0 saturated carbocycles. The Morgan fingerprint density at radius 3 is 1.04 bits per heavy atom. The minimum atomic E-state index is 0. The van der Waals surface area contributed by atoms with Gasteiger partial charge in [-0.3, -0.25) is 0 Å². The normalized spacial score (nSPS) is 11.5. The Morgan fingerprint density at radius 2 is 0.750 bits per heavy atom. The minimum absolute atomic E-state index is 0. The SMILES string of the molecule is CCCCCCCCCCCCCCCCCC[N+](C)(C)CC.[Cl-]. The molecule has 0 radical (unpaired) electrons. The molecular formula is C22H48ClN. The fourth-order valence-electron chi connectivity index (χ4n) is 3.25. The van der Waals surface area contributed by atoms with E-state index >= 15 is 0 Å². The van der Waals surface area contributed by atoms with Crippen LogP contribution in [0.5, 0.6) is 0 Å². The maximum atomic E-state index is 2.35. The molecule has 0 spiro atoms. The van der Waals surface area contributed by atoms with Gasteiger partial charge in [0.1, 0.15) is 0 Å². The van der Waals surface area contributed by atoms with Crippen LogP contribution < -0.4 is 12.4 Å². The first kappa shape index (κ1) is 26.5. The molecule has 0 aliphatic carbocycles. The Bertz CT molecular complexity index is 228. The van der Waals surface area contributed by atoms with E-state index in [9.17, 15) is 0 Å². The van der Waals surface area contributed by atoms with Crippen molar-refractivity contribution >= 4 is 0 Å². The van der Waals surface area contributed by atoms with Gasteiger partial charge in [0.2, 0.25) is 0 Å². The zero-order valence-electron chi connectivity index (χ0n) is 17.6. The minimum Gasteiger partial charge on any atom is -1.00 e. The number of unbranched alkanes of at least 4 members (excludes halogenated alkanes) is 15. The van der Waals surface area contributed by atoms with E-state index in [0.717, 1.165) is 0 Å². The van der Waals surface area contributed by atoms with Gasteiger partial charge in [-0.2, -0.15) is 0 Å². The highest BCUT2D eigenvalue weighted by atomic mass is 35.5. The third-order valence-electron chi connectivity index (χ3n) is 5.47. The van der Waals surface area contributed by atoms with Crippen LogP contribution in [0.15, 0.2) is 0 Å². The fourth-order valence-corrected chi connectivity index (χ4v) is 3.25. The van der Waals surface area contributed by atoms with Crippen molar-refractivity contribution in [1.29, 1.82) is 0 Å². The maximum absolute atomic E-state index is 2.35. The largest absolute Gasteiger partial charge is 1.00 e. The lowest BCUT2D eigenvalue weighted by molar-refractivity contribution is -0.888. The monoisotopic (exact) mass is 361 g/mol. The molecule has 2 heteroatoms. The summed E-state index contributed by atoms with van der Waals surface area (Å²) in [6, 6.07) is 0. The average molecular weight is 362 g/mol. The van der Waals surface area contributed by atoms with E-state index in [4.69, 9.17) is 0 Å². The van der Waals surface area contributed by atoms with E-state index in [1.165, 1.54) is 120 Å². The molecule has 24 heavy (non-hydrogen) atoms. The van der Waals surface area contributed by atoms with E-state index in [2.05, 4.69) is 27.9 Å². The maximum Gasteiger partial charge on any atom is 0.0782 e. The van der Waals surface area contributed by atoms with Crippen molar-refractivity contribution in [3.8, 4) is 0 Å². The number of quaternary nitrogens is 1. The van der Waals surface area contributed by atoms with E-state index in [1.807, 2.05) is 0 Å². The fraction of sp³-hybridized carbons (Fsp3) is 1.00. The molecule has 0 aliphatic rings. The van der Waals surface area contributed by atoms with Crippen molar-refractivity contribution in [2.24, 2.45) is 0 Å². The van der Waals surface area contributed by atoms with Gasteiger partial charge in [-0.1, -0.05) is 96.8 Å². The van der Waals surface area contributed by atoms with Crippen molar-refractivity contribution in [2.45, 2.75) is 117 Å². The molecule has 1 nitrogen and oxygen atoms in total. The molecule has 0 fully saturated rings. The first-order valence-electron chi connectivity index (χ1n) is 10.9. The number of nitrogens with zero attached hydrogens (tertiary/aromatic N) is 1. The molecule has 0 heterocycles. The predicted octanol–water partition coefficient (Wildman–Crippen LogP) is 4.35. The Kier molecular flexibility index (Phi) is 21.6. The molecule has 0 atom stereocenters. The highest BCUT2D eigenvalue weighted by Gasteiger charge is 2.09. The molecule has 0 saturated heterocycles. The Morgan fingerprint density at radius 1 is 0.458 bits per heavy atom. The lowest BCUT2D eigenvalue weighted by atomic mass is 10.0. The summed E-state index contributed by atoms with van der Waals surface area (Å²) in [4.78, 5) is 0. The Hall–Kier alpha value is 0.250. The van der Waals surface area contributed by atoms with Crippen LogP contribution in [0.1, 0.15) is 117 Å². The molecule has 0 aromatic heterocycles. The van der Waals surface area contributed by atoms with Gasteiger partial charge in [-0.25, -0.2) is 0 Å². The molecule has 0 bridgehead atoms. The van der Waals surface area contributed by atoms with Crippen LogP contribution in [0.2, 0.25) is 0 Å². The standard InChI is InChI=1S/C22H48N.ClH/c1-5-7-8-9-10-11-12-13-14-15-16-17-18-19-20-21-22-23(3,4)6-2;/h5-22H2,1-4H3;1H/q+1;/p-1. The third-order valence-corrected chi connectivity index (χ3v) is 5.47. The molecule has 0 amide bonds. The summed E-state index contributed by atoms with van der Waals surface area (Å²) in [7, 11) is 4.70. The van der Waals surface area contributed by atoms with E-state index < -0.39 is 0 Å². The zero-order valence-corrected chi connectivity index (χ0v) is 18.3. The number of hydrogen-bond donors (Lipinski definition) is 0. The first-order chi connectivity index (χ1) is 11.1. The van der Waals surface area contributed by atoms with Crippen molar-refractivity contribution in [2.75, 3.05) is 27.2 Å². The van der Waals surface area contributed by atoms with Gasteiger partial charge in [0, 0.05) is 0 Å². The molecular weight excluding hydrogens is 314 g/mol. The van der Waals surface area contributed by atoms with Crippen LogP contribution >= 0.6 is 0 Å². The third kappa shape index (κ3) is 20.3. The van der Waals surface area contributed by atoms with Gasteiger partial charge in [0.05, 0.1) is 27.2 Å². The molecule has 0 aromatic carbocycles. The van der Waals surface area contributed by atoms with Crippen LogP contribution in [0.3, 0.4) is 0 Å². The predicted molar refractivity (Wildman–Crippen MR) is 107 cm³/mol. The number of halogens is 1. The van der Waals surface area contributed by atoms with E-state index in [1.54, 1.807) is 0 Å². The van der Waals surface area contributed by atoms with Crippen LogP contribution in [-0.2, 0) is 0 Å². The molecule has 148 valence electrons. The smallest absolute Gasteiger partial charge is 0.0782 e. The summed E-state index contributed by atoms with van der Waals surface area (Å²) in [5, 5.41) is 0. The summed E-state index contributed by atoms with van der Waals surface area (Å²) in [6.07, 6.45) is 23.4. The van der Waals surface area contributed by atoms with E-state index in [-0.39, 0.29) is 12.4 Å². The summed E-state index contributed by atoms with van der Waals surface area (Å²) < 4.78 is 1.19.